The van der Waals surface area contributed by atoms with Gasteiger partial charge in [0, 0.05) is 0 Å². The van der Waals surface area contributed by atoms with Crippen molar-refractivity contribution < 1.29 is 41.5 Å². The smallest absolute Gasteiger partial charge is 0.478 e. The van der Waals surface area contributed by atoms with E-state index in [2.05, 4.69) is 9.72 Å². The van der Waals surface area contributed by atoms with Crippen LogP contribution in [0.15, 0.2) is 6.20 Å². The Hall–Kier alpha value is -2.53. The largest absolute Gasteiger partial charge is 0.573 e. The monoisotopic (exact) mass is 302 g/mol. The Labute approximate surface area is 105 Å². The normalized spacial score (nSPS) is 11.5. The molecule has 110 valence electrons. The fourth-order valence-electron chi connectivity index (χ4n) is 1.27. The van der Waals surface area contributed by atoms with E-state index in [0.717, 1.165) is 0 Å². The van der Waals surface area contributed by atoms with Crippen molar-refractivity contribution in [3.63, 3.8) is 0 Å². The van der Waals surface area contributed by atoms with Crippen LogP contribution in [0, 0.1) is 10.1 Å². The summed E-state index contributed by atoms with van der Waals surface area (Å²) >= 11 is 0. The van der Waals surface area contributed by atoms with Gasteiger partial charge in [0.25, 0.3) is 6.43 Å². The van der Waals surface area contributed by atoms with Crippen LogP contribution in [0.3, 0.4) is 0 Å². The molecule has 1 aromatic rings. The molecule has 0 bridgehead atoms. The molecule has 12 heteroatoms. The summed E-state index contributed by atoms with van der Waals surface area (Å²) in [5, 5.41) is 19.1. The maximum atomic E-state index is 12.7. The van der Waals surface area contributed by atoms with E-state index in [9.17, 15) is 36.9 Å². The molecule has 0 aliphatic rings. The molecule has 1 N–H and O–H groups in total. The topological polar surface area (TPSA) is 103 Å². The molecule has 0 aliphatic heterocycles. The Balaban J connectivity index is 3.61. The minimum absolute atomic E-state index is 0.0426. The SMILES string of the molecule is O=C(O)c1c(OC(F)(F)F)cnc([N+](=O)[O-])c1C(F)F. The van der Waals surface area contributed by atoms with E-state index < -0.39 is 46.4 Å². The summed E-state index contributed by atoms with van der Waals surface area (Å²) in [6.45, 7) is 0. The van der Waals surface area contributed by atoms with Crippen LogP contribution < -0.4 is 4.74 Å². The number of hydrogen-bond donors (Lipinski definition) is 1. The molecule has 0 atom stereocenters. The first-order chi connectivity index (χ1) is 9.04. The van der Waals surface area contributed by atoms with Gasteiger partial charge in [0.1, 0.15) is 11.1 Å². The van der Waals surface area contributed by atoms with Gasteiger partial charge in [-0.25, -0.2) is 13.6 Å². The third kappa shape index (κ3) is 3.27. The molecular formula is C8H3F5N2O5. The number of aromatic nitrogens is 1. The molecule has 0 unspecified atom stereocenters. The highest BCUT2D eigenvalue weighted by atomic mass is 19.4. The predicted octanol–water partition coefficient (Wildman–Crippen LogP) is 2.52. The fraction of sp³-hybridized carbons (Fsp3) is 0.250. The van der Waals surface area contributed by atoms with Crippen LogP contribution in [0.2, 0.25) is 0 Å². The standard InChI is InChI=1S/C8H3F5N2O5/c9-5(10)4-3(7(16)17)2(20-8(11,12)13)1-14-6(4)15(18)19/h1,5H,(H,16,17). The number of carboxylic acid groups (broad SMARTS) is 1. The van der Waals surface area contributed by atoms with E-state index >= 15 is 0 Å². The molecule has 0 fully saturated rings. The van der Waals surface area contributed by atoms with Crippen molar-refractivity contribution in [1.29, 1.82) is 0 Å². The molecule has 1 rings (SSSR count). The van der Waals surface area contributed by atoms with E-state index in [1.807, 2.05) is 0 Å². The van der Waals surface area contributed by atoms with E-state index in [-0.39, 0.29) is 6.20 Å². The molecule has 0 radical (unpaired) electrons. The van der Waals surface area contributed by atoms with Crippen LogP contribution in [-0.2, 0) is 0 Å². The lowest BCUT2D eigenvalue weighted by atomic mass is 10.1. The third-order valence-corrected chi connectivity index (χ3v) is 1.89. The molecule has 7 nitrogen and oxygen atoms in total. The van der Waals surface area contributed by atoms with Crippen molar-refractivity contribution in [2.75, 3.05) is 0 Å². The molecule has 0 aliphatic carbocycles. The summed E-state index contributed by atoms with van der Waals surface area (Å²) in [6.07, 6.45) is -9.06. The zero-order chi connectivity index (χ0) is 15.7. The van der Waals surface area contributed by atoms with Gasteiger partial charge in [-0.2, -0.15) is 0 Å². The highest BCUT2D eigenvalue weighted by Gasteiger charge is 2.39. The maximum absolute atomic E-state index is 12.7. The summed E-state index contributed by atoms with van der Waals surface area (Å²) in [5.41, 5.74) is -3.43. The van der Waals surface area contributed by atoms with Gasteiger partial charge in [-0.15, -0.1) is 13.2 Å². The minimum Gasteiger partial charge on any atom is -0.478 e. The zero-order valence-corrected chi connectivity index (χ0v) is 9.02. The lowest BCUT2D eigenvalue weighted by Crippen LogP contribution is -2.20. The quantitative estimate of drug-likeness (QED) is 0.521. The zero-order valence-electron chi connectivity index (χ0n) is 9.02. The molecule has 1 heterocycles. The van der Waals surface area contributed by atoms with Crippen LogP contribution in [0.4, 0.5) is 27.8 Å². The second-order valence-electron chi connectivity index (χ2n) is 3.15. The van der Waals surface area contributed by atoms with Gasteiger partial charge in [-0.05, 0) is 9.91 Å². The van der Waals surface area contributed by atoms with Gasteiger partial charge >= 0.3 is 18.1 Å². The van der Waals surface area contributed by atoms with Crippen molar-refractivity contribution in [2.24, 2.45) is 0 Å². The number of halogens is 5. The molecule has 0 amide bonds. The number of ether oxygens (including phenoxy) is 1. The van der Waals surface area contributed by atoms with Gasteiger partial charge in [-0.3, -0.25) is 0 Å². The number of pyridine rings is 1. The van der Waals surface area contributed by atoms with Crippen molar-refractivity contribution in [3.8, 4) is 5.75 Å². The summed E-state index contributed by atoms with van der Waals surface area (Å²) < 4.78 is 64.6. The molecule has 20 heavy (non-hydrogen) atoms. The molecule has 0 aromatic carbocycles. The number of nitro groups is 1. The summed E-state index contributed by atoms with van der Waals surface area (Å²) in [4.78, 5) is 22.5. The fourth-order valence-corrected chi connectivity index (χ4v) is 1.27. The van der Waals surface area contributed by atoms with Crippen LogP contribution in [0.25, 0.3) is 0 Å². The molecule has 0 saturated carbocycles. The van der Waals surface area contributed by atoms with Crippen molar-refractivity contribution in [2.45, 2.75) is 12.8 Å². The molecular weight excluding hydrogens is 299 g/mol. The first-order valence-corrected chi connectivity index (χ1v) is 4.49. The number of hydrogen-bond acceptors (Lipinski definition) is 5. The second-order valence-corrected chi connectivity index (χ2v) is 3.15. The van der Waals surface area contributed by atoms with Crippen molar-refractivity contribution in [1.82, 2.24) is 4.98 Å². The van der Waals surface area contributed by atoms with Gasteiger partial charge in [-0.1, -0.05) is 0 Å². The number of aromatic carboxylic acids is 1. The molecule has 0 saturated heterocycles. The lowest BCUT2D eigenvalue weighted by molar-refractivity contribution is -0.391. The van der Waals surface area contributed by atoms with Crippen LogP contribution in [-0.4, -0.2) is 27.3 Å². The van der Waals surface area contributed by atoms with Gasteiger partial charge in [0.05, 0.1) is 0 Å². The Morgan fingerprint density at radius 1 is 1.45 bits per heavy atom. The van der Waals surface area contributed by atoms with Gasteiger partial charge < -0.3 is 20.0 Å². The second kappa shape index (κ2) is 5.22. The number of rotatable bonds is 4. The van der Waals surface area contributed by atoms with Crippen LogP contribution in [0.5, 0.6) is 5.75 Å². The van der Waals surface area contributed by atoms with E-state index in [1.54, 1.807) is 0 Å². The Kier molecular flexibility index (Phi) is 4.06. The predicted molar refractivity (Wildman–Crippen MR) is 49.5 cm³/mol. The van der Waals surface area contributed by atoms with E-state index in [1.165, 1.54) is 0 Å². The Bertz CT molecular complexity index is 559. The van der Waals surface area contributed by atoms with Gasteiger partial charge in [0.15, 0.2) is 11.9 Å². The number of nitrogens with zero attached hydrogens (tertiary/aromatic N) is 2. The van der Waals surface area contributed by atoms with E-state index in [0.29, 0.717) is 0 Å². The number of alkyl halides is 5. The average Bonchev–Trinajstić information content (AvgIpc) is 2.24. The first-order valence-electron chi connectivity index (χ1n) is 4.49. The van der Waals surface area contributed by atoms with Crippen LogP contribution in [0.1, 0.15) is 22.3 Å². The minimum atomic E-state index is -5.37. The van der Waals surface area contributed by atoms with Gasteiger partial charge in [0.2, 0.25) is 0 Å². The highest BCUT2D eigenvalue weighted by molar-refractivity contribution is 5.93. The van der Waals surface area contributed by atoms with Crippen molar-refractivity contribution >= 4 is 11.8 Å². The Morgan fingerprint density at radius 3 is 2.35 bits per heavy atom. The Morgan fingerprint density at radius 2 is 2.00 bits per heavy atom. The summed E-state index contributed by atoms with van der Waals surface area (Å²) in [5.74, 6) is -5.37. The average molecular weight is 302 g/mol. The number of carboxylic acids is 1. The molecule has 0 spiro atoms. The highest BCUT2D eigenvalue weighted by Crippen LogP contribution is 2.37. The maximum Gasteiger partial charge on any atom is 0.573 e. The first kappa shape index (κ1) is 15.5. The third-order valence-electron chi connectivity index (χ3n) is 1.89. The lowest BCUT2D eigenvalue weighted by Gasteiger charge is -2.12. The van der Waals surface area contributed by atoms with Crippen molar-refractivity contribution in [3.05, 3.63) is 27.4 Å². The van der Waals surface area contributed by atoms with Crippen LogP contribution >= 0.6 is 0 Å². The summed E-state index contributed by atoms with van der Waals surface area (Å²) in [7, 11) is 0. The summed E-state index contributed by atoms with van der Waals surface area (Å²) in [6, 6.07) is 0. The van der Waals surface area contributed by atoms with E-state index in [4.69, 9.17) is 5.11 Å². The number of carbonyl (C=O) groups is 1. The molecule has 1 aromatic heterocycles.